The lowest BCUT2D eigenvalue weighted by Gasteiger charge is -2.11. The summed E-state index contributed by atoms with van der Waals surface area (Å²) in [6.07, 6.45) is 0.733. The van der Waals surface area contributed by atoms with E-state index in [0.717, 1.165) is 29.0 Å². The monoisotopic (exact) mass is 472 g/mol. The van der Waals surface area contributed by atoms with Crippen LogP contribution >= 0.6 is 0 Å². The van der Waals surface area contributed by atoms with Crippen LogP contribution in [0.25, 0.3) is 0 Å². The van der Waals surface area contributed by atoms with Crippen LogP contribution in [0, 0.1) is 5.82 Å². The van der Waals surface area contributed by atoms with Crippen LogP contribution in [0.3, 0.4) is 0 Å². The molecule has 0 heterocycles. The summed E-state index contributed by atoms with van der Waals surface area (Å²) in [5.74, 6) is 0.770. The van der Waals surface area contributed by atoms with Gasteiger partial charge in [0.05, 0.1) is 25.5 Å². The van der Waals surface area contributed by atoms with Gasteiger partial charge in [-0.1, -0.05) is 12.1 Å². The minimum absolute atomic E-state index is 0.0416. The highest BCUT2D eigenvalue weighted by molar-refractivity contribution is 7.92. The van der Waals surface area contributed by atoms with Crippen LogP contribution in [0.5, 0.6) is 11.5 Å². The quantitative estimate of drug-likeness (QED) is 0.471. The summed E-state index contributed by atoms with van der Waals surface area (Å²) in [5.41, 5.74) is 2.00. The summed E-state index contributed by atoms with van der Waals surface area (Å²) in [4.78, 5) is 12.3. The molecule has 0 aliphatic carbocycles. The Labute approximate surface area is 192 Å². The van der Waals surface area contributed by atoms with Gasteiger partial charge in [-0.2, -0.15) is 0 Å². The Balaban J connectivity index is 1.52. The van der Waals surface area contributed by atoms with Crippen LogP contribution in [-0.2, 0) is 27.7 Å². The number of nitrogens with one attached hydrogen (secondary N) is 2. The smallest absolute Gasteiger partial charge is 0.261 e. The fraction of sp³-hybridized carbons (Fsp3) is 0.208. The number of rotatable bonds is 10. The first kappa shape index (κ1) is 24.1. The molecule has 3 aromatic rings. The SMILES string of the molecule is COc1ccc(OC)c(CCNC(=O)Cc2ccc(NS(=O)(=O)c3ccc(F)cc3)cc2)c1. The van der Waals surface area contributed by atoms with Crippen molar-refractivity contribution in [3.8, 4) is 11.5 Å². The maximum absolute atomic E-state index is 13.0. The molecule has 0 atom stereocenters. The van der Waals surface area contributed by atoms with Crippen LogP contribution in [0.4, 0.5) is 10.1 Å². The molecule has 0 aliphatic rings. The number of anilines is 1. The third-order valence-corrected chi connectivity index (χ3v) is 6.30. The van der Waals surface area contributed by atoms with Gasteiger partial charge in [0.2, 0.25) is 5.91 Å². The van der Waals surface area contributed by atoms with Crippen molar-refractivity contribution in [1.29, 1.82) is 0 Å². The summed E-state index contributed by atoms with van der Waals surface area (Å²) < 4.78 is 50.8. The van der Waals surface area contributed by atoms with E-state index >= 15 is 0 Å². The van der Waals surface area contributed by atoms with Crippen LogP contribution in [0.15, 0.2) is 71.6 Å². The number of methoxy groups -OCH3 is 2. The predicted molar refractivity (Wildman–Crippen MR) is 124 cm³/mol. The second kappa shape index (κ2) is 10.8. The second-order valence-electron chi connectivity index (χ2n) is 7.21. The van der Waals surface area contributed by atoms with Crippen molar-refractivity contribution in [2.45, 2.75) is 17.7 Å². The van der Waals surface area contributed by atoms with Crippen LogP contribution < -0.4 is 19.5 Å². The summed E-state index contributed by atoms with van der Waals surface area (Å²) in [7, 11) is -0.650. The van der Waals surface area contributed by atoms with E-state index in [2.05, 4.69) is 10.0 Å². The van der Waals surface area contributed by atoms with Gasteiger partial charge in [-0.3, -0.25) is 9.52 Å². The fourth-order valence-corrected chi connectivity index (χ4v) is 4.24. The normalized spacial score (nSPS) is 11.0. The number of carbonyl (C=O) groups is 1. The molecule has 0 unspecified atom stereocenters. The maximum atomic E-state index is 13.0. The lowest BCUT2D eigenvalue weighted by molar-refractivity contribution is -0.120. The zero-order chi connectivity index (χ0) is 23.8. The van der Waals surface area contributed by atoms with Gasteiger partial charge in [-0.05, 0) is 72.1 Å². The lowest BCUT2D eigenvalue weighted by Crippen LogP contribution is -2.27. The molecule has 0 spiro atoms. The van der Waals surface area contributed by atoms with Crippen molar-refractivity contribution in [2.24, 2.45) is 0 Å². The summed E-state index contributed by atoms with van der Waals surface area (Å²) in [6.45, 7) is 0.428. The molecular weight excluding hydrogens is 447 g/mol. The Morgan fingerprint density at radius 2 is 1.64 bits per heavy atom. The predicted octanol–water partition coefficient (Wildman–Crippen LogP) is 3.55. The summed E-state index contributed by atoms with van der Waals surface area (Å²) >= 11 is 0. The first-order valence-electron chi connectivity index (χ1n) is 10.2. The molecule has 7 nitrogen and oxygen atoms in total. The van der Waals surface area contributed by atoms with Gasteiger partial charge >= 0.3 is 0 Å². The molecule has 0 radical (unpaired) electrons. The van der Waals surface area contributed by atoms with E-state index in [1.165, 1.54) is 12.1 Å². The minimum Gasteiger partial charge on any atom is -0.497 e. The largest absolute Gasteiger partial charge is 0.497 e. The molecule has 33 heavy (non-hydrogen) atoms. The molecule has 3 aromatic carbocycles. The first-order valence-corrected chi connectivity index (χ1v) is 11.6. The second-order valence-corrected chi connectivity index (χ2v) is 8.89. The number of ether oxygens (including phenoxy) is 2. The molecule has 9 heteroatoms. The van der Waals surface area contributed by atoms with Gasteiger partial charge in [-0.25, -0.2) is 12.8 Å². The Hall–Kier alpha value is -3.59. The fourth-order valence-electron chi connectivity index (χ4n) is 3.18. The molecule has 0 bridgehead atoms. The van der Waals surface area contributed by atoms with Gasteiger partial charge in [0.1, 0.15) is 17.3 Å². The van der Waals surface area contributed by atoms with Gasteiger partial charge in [0.15, 0.2) is 0 Å². The number of sulfonamides is 1. The van der Waals surface area contributed by atoms with Gasteiger partial charge in [0.25, 0.3) is 10.0 Å². The molecule has 174 valence electrons. The van der Waals surface area contributed by atoms with Crippen molar-refractivity contribution in [3.05, 3.63) is 83.7 Å². The van der Waals surface area contributed by atoms with E-state index in [9.17, 15) is 17.6 Å². The number of halogens is 1. The molecule has 0 saturated carbocycles. The van der Waals surface area contributed by atoms with Crippen molar-refractivity contribution >= 4 is 21.6 Å². The van der Waals surface area contributed by atoms with E-state index in [4.69, 9.17) is 9.47 Å². The Bertz CT molecular complexity index is 1200. The van der Waals surface area contributed by atoms with Crippen LogP contribution in [0.2, 0.25) is 0 Å². The van der Waals surface area contributed by atoms with Crippen molar-refractivity contribution in [1.82, 2.24) is 5.32 Å². The van der Waals surface area contributed by atoms with E-state index in [0.29, 0.717) is 24.4 Å². The summed E-state index contributed by atoms with van der Waals surface area (Å²) in [5, 5.41) is 2.87. The zero-order valence-electron chi connectivity index (χ0n) is 18.3. The number of carbonyl (C=O) groups excluding carboxylic acids is 1. The third kappa shape index (κ3) is 6.69. The molecule has 0 aliphatic heterocycles. The van der Waals surface area contributed by atoms with Gasteiger partial charge in [0, 0.05) is 12.2 Å². The van der Waals surface area contributed by atoms with E-state index < -0.39 is 15.8 Å². The van der Waals surface area contributed by atoms with Crippen LogP contribution in [-0.4, -0.2) is 35.1 Å². The lowest BCUT2D eigenvalue weighted by atomic mass is 10.1. The highest BCUT2D eigenvalue weighted by atomic mass is 32.2. The molecule has 2 N–H and O–H groups in total. The Morgan fingerprint density at radius 1 is 0.939 bits per heavy atom. The van der Waals surface area contributed by atoms with Crippen LogP contribution in [0.1, 0.15) is 11.1 Å². The molecule has 0 saturated heterocycles. The van der Waals surface area contributed by atoms with Crippen molar-refractivity contribution < 1.29 is 27.1 Å². The Kier molecular flexibility index (Phi) is 7.89. The molecular formula is C24H25FN2O5S. The van der Waals surface area contributed by atoms with Gasteiger partial charge in [-0.15, -0.1) is 0 Å². The highest BCUT2D eigenvalue weighted by Gasteiger charge is 2.14. The summed E-state index contributed by atoms with van der Waals surface area (Å²) in [6, 6.07) is 16.6. The molecule has 1 amide bonds. The number of hydrogen-bond donors (Lipinski definition) is 2. The van der Waals surface area contributed by atoms with Crippen molar-refractivity contribution in [3.63, 3.8) is 0 Å². The minimum atomic E-state index is -3.83. The zero-order valence-corrected chi connectivity index (χ0v) is 19.1. The van der Waals surface area contributed by atoms with E-state index in [1.54, 1.807) is 38.5 Å². The molecule has 0 fully saturated rings. The van der Waals surface area contributed by atoms with E-state index in [1.807, 2.05) is 18.2 Å². The highest BCUT2D eigenvalue weighted by Crippen LogP contribution is 2.24. The van der Waals surface area contributed by atoms with Crippen molar-refractivity contribution in [2.75, 3.05) is 25.5 Å². The molecule has 0 aromatic heterocycles. The molecule has 3 rings (SSSR count). The number of amides is 1. The average molecular weight is 473 g/mol. The first-order chi connectivity index (χ1) is 15.8. The van der Waals surface area contributed by atoms with E-state index in [-0.39, 0.29) is 17.2 Å². The average Bonchev–Trinajstić information content (AvgIpc) is 2.80. The number of hydrogen-bond acceptors (Lipinski definition) is 5. The van der Waals surface area contributed by atoms with Gasteiger partial charge < -0.3 is 14.8 Å². The number of benzene rings is 3. The Morgan fingerprint density at radius 3 is 2.27 bits per heavy atom. The topological polar surface area (TPSA) is 93.7 Å². The third-order valence-electron chi connectivity index (χ3n) is 4.90. The standard InChI is InChI=1S/C24H25FN2O5S/c1-31-21-9-12-23(32-2)18(16-21)13-14-26-24(28)15-17-3-7-20(8-4-17)27-33(29,30)22-10-5-19(25)6-11-22/h3-12,16,27H,13-15H2,1-2H3,(H,26,28). The maximum Gasteiger partial charge on any atom is 0.261 e.